The van der Waals surface area contributed by atoms with Crippen LogP contribution in [-0.4, -0.2) is 55.8 Å². The van der Waals surface area contributed by atoms with Gasteiger partial charge in [-0.3, -0.25) is 19.3 Å². The number of amides is 1. The van der Waals surface area contributed by atoms with Crippen LogP contribution in [0.2, 0.25) is 0 Å². The molecular weight excluding hydrogens is 358 g/mol. The Balaban J connectivity index is 2.32. The van der Waals surface area contributed by atoms with Crippen LogP contribution >= 0.6 is 0 Å². The molecule has 0 fully saturated rings. The third-order valence-corrected chi connectivity index (χ3v) is 5.36. The first-order chi connectivity index (χ1) is 12.1. The molecule has 1 heterocycles. The van der Waals surface area contributed by atoms with E-state index in [0.717, 1.165) is 0 Å². The molecule has 0 spiro atoms. The highest BCUT2D eigenvalue weighted by Gasteiger charge is 2.32. The highest BCUT2D eigenvalue weighted by atomic mass is 32.2. The van der Waals surface area contributed by atoms with Crippen molar-refractivity contribution in [3.8, 4) is 0 Å². The number of aliphatic carboxylic acids is 1. The van der Waals surface area contributed by atoms with Crippen molar-refractivity contribution >= 4 is 27.7 Å². The summed E-state index contributed by atoms with van der Waals surface area (Å²) in [4.78, 5) is 29.3. The quantitative estimate of drug-likeness (QED) is 0.733. The number of hydrogen-bond acceptors (Lipinski definition) is 5. The van der Waals surface area contributed by atoms with Crippen LogP contribution in [0.3, 0.4) is 0 Å². The summed E-state index contributed by atoms with van der Waals surface area (Å²) in [5.41, 5.74) is 0.433. The summed E-state index contributed by atoms with van der Waals surface area (Å²) in [7, 11) is -2.16. The summed E-state index contributed by atoms with van der Waals surface area (Å²) in [6.45, 7) is 3.94. The van der Waals surface area contributed by atoms with E-state index < -0.39 is 22.0 Å². The van der Waals surface area contributed by atoms with E-state index in [9.17, 15) is 18.0 Å². The van der Waals surface area contributed by atoms with Crippen molar-refractivity contribution < 1.29 is 23.1 Å². The Kier molecular flexibility index (Phi) is 6.01. The minimum Gasteiger partial charge on any atom is -0.481 e. The maximum Gasteiger partial charge on any atom is 0.305 e. The molecule has 8 nitrogen and oxygen atoms in total. The zero-order valence-electron chi connectivity index (χ0n) is 15.0. The molecule has 1 aliphatic rings. The van der Waals surface area contributed by atoms with Crippen LogP contribution in [0.15, 0.2) is 34.2 Å². The molecule has 1 aliphatic heterocycles. The van der Waals surface area contributed by atoms with Gasteiger partial charge in [0.1, 0.15) is 11.9 Å². The van der Waals surface area contributed by atoms with Crippen LogP contribution in [-0.2, 0) is 19.6 Å². The first-order valence-corrected chi connectivity index (χ1v) is 9.77. The molecule has 2 N–H and O–H groups in total. The lowest BCUT2D eigenvalue weighted by atomic mass is 10.0. The maximum absolute atomic E-state index is 12.7. The summed E-state index contributed by atoms with van der Waals surface area (Å²) < 4.78 is 26.8. The molecule has 1 unspecified atom stereocenters. The first kappa shape index (κ1) is 19.9. The van der Waals surface area contributed by atoms with Gasteiger partial charge < -0.3 is 10.0 Å². The largest absolute Gasteiger partial charge is 0.481 e. The van der Waals surface area contributed by atoms with E-state index in [1.807, 2.05) is 13.8 Å². The predicted molar refractivity (Wildman–Crippen MR) is 96.4 cm³/mol. The molecule has 0 bridgehead atoms. The van der Waals surface area contributed by atoms with Crippen LogP contribution in [0.1, 0.15) is 32.3 Å². The number of likely N-dealkylation sites (N-methyl/N-ethyl adjacent to an activating group) is 1. The summed E-state index contributed by atoms with van der Waals surface area (Å²) in [6.07, 6.45) is 0.256. The fourth-order valence-corrected chi connectivity index (χ4v) is 3.91. The molecule has 1 atom stereocenters. The van der Waals surface area contributed by atoms with Crippen molar-refractivity contribution in [3.05, 3.63) is 29.8 Å². The lowest BCUT2D eigenvalue weighted by molar-refractivity contribution is -0.138. The van der Waals surface area contributed by atoms with E-state index in [0.29, 0.717) is 12.0 Å². The van der Waals surface area contributed by atoms with Gasteiger partial charge in [-0.15, -0.1) is 0 Å². The van der Waals surface area contributed by atoms with Crippen LogP contribution in [0, 0.1) is 5.92 Å². The molecule has 9 heteroatoms. The number of fused-ring (bicyclic) bond motifs is 1. The van der Waals surface area contributed by atoms with Crippen molar-refractivity contribution in [1.82, 2.24) is 9.62 Å². The van der Waals surface area contributed by atoms with E-state index in [4.69, 9.17) is 5.11 Å². The monoisotopic (exact) mass is 381 g/mol. The third kappa shape index (κ3) is 4.60. The number of nitrogens with one attached hydrogen (secondary N) is 1. The smallest absolute Gasteiger partial charge is 0.305 e. The number of carbonyl (C=O) groups excluding carboxylic acids is 1. The molecule has 0 aliphatic carbocycles. The van der Waals surface area contributed by atoms with Gasteiger partial charge in [0, 0.05) is 19.2 Å². The third-order valence-electron chi connectivity index (χ3n) is 3.96. The molecule has 26 heavy (non-hydrogen) atoms. The summed E-state index contributed by atoms with van der Waals surface area (Å²) in [5.74, 6) is -1.04. The Morgan fingerprint density at radius 3 is 2.54 bits per heavy atom. The maximum atomic E-state index is 12.7. The molecule has 0 aromatic heterocycles. The molecular formula is C17H23N3O5S. The predicted octanol–water partition coefficient (Wildman–Crippen LogP) is 1.07. The van der Waals surface area contributed by atoms with Crippen LogP contribution in [0.25, 0.3) is 0 Å². The number of benzene rings is 1. The topological polar surface area (TPSA) is 116 Å². The van der Waals surface area contributed by atoms with E-state index in [2.05, 4.69) is 9.71 Å². The Morgan fingerprint density at radius 2 is 1.92 bits per heavy atom. The van der Waals surface area contributed by atoms with Gasteiger partial charge in [0.2, 0.25) is 5.91 Å². The highest BCUT2D eigenvalue weighted by molar-refractivity contribution is 7.90. The standard InChI is InChI=1S/C17H23N3O5S/c1-11(2)10-13(17(23)20(3)9-8-15(21)22)18-16-12-6-4-5-7-14(12)26(24,25)19-16/h4-7,11,13H,8-10H2,1-3H3,(H,18,19)(H,21,22). The molecule has 1 aromatic rings. The molecule has 1 aromatic carbocycles. The molecule has 0 saturated carbocycles. The number of hydrogen-bond donors (Lipinski definition) is 2. The van der Waals surface area contributed by atoms with Crippen molar-refractivity contribution in [1.29, 1.82) is 0 Å². The van der Waals surface area contributed by atoms with E-state index >= 15 is 0 Å². The number of nitrogens with zero attached hydrogens (tertiary/aromatic N) is 2. The number of rotatable bonds is 7. The van der Waals surface area contributed by atoms with E-state index in [1.54, 1.807) is 18.2 Å². The highest BCUT2D eigenvalue weighted by Crippen LogP contribution is 2.23. The second kappa shape index (κ2) is 7.86. The van der Waals surface area contributed by atoms with E-state index in [-0.39, 0.29) is 35.5 Å². The van der Waals surface area contributed by atoms with Gasteiger partial charge in [-0.25, -0.2) is 8.42 Å². The van der Waals surface area contributed by atoms with Gasteiger partial charge >= 0.3 is 5.97 Å². The second-order valence-corrected chi connectivity index (χ2v) is 8.28. The van der Waals surface area contributed by atoms with E-state index in [1.165, 1.54) is 18.0 Å². The second-order valence-electron chi connectivity index (χ2n) is 6.63. The van der Waals surface area contributed by atoms with Crippen molar-refractivity contribution in [2.24, 2.45) is 10.9 Å². The fourth-order valence-electron chi connectivity index (χ4n) is 2.67. The number of carboxylic acid groups (broad SMARTS) is 1. The number of carbonyl (C=O) groups is 2. The molecule has 0 saturated heterocycles. The normalized spacial score (nSPS) is 17.6. The molecule has 0 radical (unpaired) electrons. The molecule has 2 rings (SSSR count). The molecule has 1 amide bonds. The van der Waals surface area contributed by atoms with Crippen molar-refractivity contribution in [2.45, 2.75) is 37.6 Å². The molecule has 142 valence electrons. The van der Waals surface area contributed by atoms with Gasteiger partial charge in [0.05, 0.1) is 11.3 Å². The number of carboxylic acids is 1. The summed E-state index contributed by atoms with van der Waals surface area (Å²) in [6, 6.07) is 5.65. The number of amidine groups is 1. The average molecular weight is 381 g/mol. The Bertz CT molecular complexity index is 833. The van der Waals surface area contributed by atoms with Gasteiger partial charge in [-0.2, -0.15) is 0 Å². The minimum absolute atomic E-state index is 0.0654. The Hall–Kier alpha value is -2.42. The summed E-state index contributed by atoms with van der Waals surface area (Å²) >= 11 is 0. The van der Waals surface area contributed by atoms with Crippen molar-refractivity contribution in [3.63, 3.8) is 0 Å². The fraction of sp³-hybridized carbons (Fsp3) is 0.471. The zero-order valence-corrected chi connectivity index (χ0v) is 15.8. The van der Waals surface area contributed by atoms with Gasteiger partial charge in [0.15, 0.2) is 0 Å². The SMILES string of the molecule is CC(C)CC(N=C1NS(=O)(=O)c2ccccc21)C(=O)N(C)CCC(=O)O. The number of aliphatic imine (C=N–C) groups is 1. The average Bonchev–Trinajstić information content (AvgIpc) is 2.82. The van der Waals surface area contributed by atoms with Crippen LogP contribution in [0.5, 0.6) is 0 Å². The van der Waals surface area contributed by atoms with Crippen LogP contribution in [0.4, 0.5) is 0 Å². The Labute approximate surface area is 153 Å². The Morgan fingerprint density at radius 1 is 1.27 bits per heavy atom. The van der Waals surface area contributed by atoms with Crippen LogP contribution < -0.4 is 4.72 Å². The van der Waals surface area contributed by atoms with Gasteiger partial charge in [0.25, 0.3) is 10.0 Å². The summed E-state index contributed by atoms with van der Waals surface area (Å²) in [5, 5.41) is 8.78. The van der Waals surface area contributed by atoms with Gasteiger partial charge in [-0.05, 0) is 24.5 Å². The zero-order chi connectivity index (χ0) is 19.5. The lowest BCUT2D eigenvalue weighted by Gasteiger charge is -2.22. The minimum atomic E-state index is -3.68. The first-order valence-electron chi connectivity index (χ1n) is 8.28. The van der Waals surface area contributed by atoms with Crippen molar-refractivity contribution in [2.75, 3.05) is 13.6 Å². The number of sulfonamides is 1. The lowest BCUT2D eigenvalue weighted by Crippen LogP contribution is -2.38. The van der Waals surface area contributed by atoms with Gasteiger partial charge in [-0.1, -0.05) is 26.0 Å².